The molecule has 0 spiro atoms. The van der Waals surface area contributed by atoms with Gasteiger partial charge in [-0.3, -0.25) is 9.59 Å². The first-order valence-corrected chi connectivity index (χ1v) is 6.42. The average molecular weight is 259 g/mol. The summed E-state index contributed by atoms with van der Waals surface area (Å²) in [5.41, 5.74) is 0.703. The van der Waals surface area contributed by atoms with E-state index in [1.54, 1.807) is 0 Å². The number of carbonyl (C=O) groups is 2. The van der Waals surface area contributed by atoms with Gasteiger partial charge in [-0.2, -0.15) is 0 Å². The average Bonchev–Trinajstić information content (AvgIpc) is 2.41. The van der Waals surface area contributed by atoms with Gasteiger partial charge >= 0.3 is 5.97 Å². The van der Waals surface area contributed by atoms with E-state index in [9.17, 15) is 9.59 Å². The molecule has 100 valence electrons. The van der Waals surface area contributed by atoms with Crippen LogP contribution in [0.3, 0.4) is 0 Å². The van der Waals surface area contributed by atoms with Crippen LogP contribution in [0.4, 0.5) is 0 Å². The van der Waals surface area contributed by atoms with Crippen LogP contribution < -0.4 is 5.32 Å². The van der Waals surface area contributed by atoms with Crippen LogP contribution in [0.15, 0.2) is 24.3 Å². The van der Waals surface area contributed by atoms with Gasteiger partial charge in [0, 0.05) is 0 Å². The third kappa shape index (κ3) is 1.34. The number of piperidine rings is 1. The van der Waals surface area contributed by atoms with Gasteiger partial charge in [0.2, 0.25) is 5.91 Å². The van der Waals surface area contributed by atoms with Crippen molar-refractivity contribution in [2.24, 2.45) is 5.41 Å². The highest BCUT2D eigenvalue weighted by Gasteiger charge is 2.60. The maximum Gasteiger partial charge on any atom is 0.314 e. The highest BCUT2D eigenvalue weighted by atomic mass is 16.5. The molecule has 2 aliphatic heterocycles. The molecule has 1 amide bonds. The second-order valence-corrected chi connectivity index (χ2v) is 5.91. The summed E-state index contributed by atoms with van der Waals surface area (Å²) in [6.45, 7) is 3.77. The summed E-state index contributed by atoms with van der Waals surface area (Å²) in [4.78, 5) is 24.4. The van der Waals surface area contributed by atoms with Gasteiger partial charge < -0.3 is 10.1 Å². The van der Waals surface area contributed by atoms with Gasteiger partial charge in [-0.15, -0.1) is 0 Å². The van der Waals surface area contributed by atoms with Crippen molar-refractivity contribution < 1.29 is 14.3 Å². The molecule has 1 N–H and O–H groups in total. The first kappa shape index (κ1) is 12.2. The maximum atomic E-state index is 12.3. The Bertz CT molecular complexity index is 583. The number of fused-ring (bicyclic) bond motifs is 2. The zero-order chi connectivity index (χ0) is 13.8. The van der Waals surface area contributed by atoms with Crippen LogP contribution in [-0.2, 0) is 19.7 Å². The second-order valence-electron chi connectivity index (χ2n) is 5.91. The fourth-order valence-corrected chi connectivity index (χ4v) is 3.68. The molecule has 4 nitrogen and oxygen atoms in total. The number of methoxy groups -OCH3 is 1. The number of hydrogen-bond donors (Lipinski definition) is 1. The number of carbonyl (C=O) groups excluding carboxylic acids is 2. The lowest BCUT2D eigenvalue weighted by Gasteiger charge is -2.53. The van der Waals surface area contributed by atoms with Crippen LogP contribution in [0.5, 0.6) is 0 Å². The minimum Gasteiger partial charge on any atom is -0.469 e. The minimum atomic E-state index is -0.703. The van der Waals surface area contributed by atoms with Crippen LogP contribution >= 0.6 is 0 Å². The molecule has 1 aliphatic carbocycles. The molecule has 19 heavy (non-hydrogen) atoms. The van der Waals surface area contributed by atoms with E-state index in [1.165, 1.54) is 7.11 Å². The minimum absolute atomic E-state index is 0.00224. The summed E-state index contributed by atoms with van der Waals surface area (Å²) in [6.07, 6.45) is 0.486. The predicted octanol–water partition coefficient (Wildman–Crippen LogP) is 1.70. The van der Waals surface area contributed by atoms with Gasteiger partial charge in [0.1, 0.15) is 0 Å². The van der Waals surface area contributed by atoms with Crippen molar-refractivity contribution in [3.8, 4) is 0 Å². The maximum absolute atomic E-state index is 12.3. The lowest BCUT2D eigenvalue weighted by molar-refractivity contribution is -0.161. The lowest BCUT2D eigenvalue weighted by Crippen LogP contribution is -2.63. The molecule has 1 aromatic carbocycles. The molecule has 2 bridgehead atoms. The number of amides is 1. The molecular weight excluding hydrogens is 242 g/mol. The van der Waals surface area contributed by atoms with Crippen molar-refractivity contribution >= 4 is 11.9 Å². The summed E-state index contributed by atoms with van der Waals surface area (Å²) >= 11 is 0. The van der Waals surface area contributed by atoms with Gasteiger partial charge in [0.05, 0.1) is 24.0 Å². The molecule has 3 unspecified atom stereocenters. The van der Waals surface area contributed by atoms with Gasteiger partial charge in [0.15, 0.2) is 0 Å². The number of esters is 1. The Labute approximate surface area is 112 Å². The van der Waals surface area contributed by atoms with E-state index in [2.05, 4.69) is 5.32 Å². The Balaban J connectivity index is 2.23. The number of rotatable bonds is 1. The normalized spacial score (nSPS) is 35.5. The Morgan fingerprint density at radius 2 is 2.05 bits per heavy atom. The van der Waals surface area contributed by atoms with Crippen molar-refractivity contribution in [2.45, 2.75) is 31.7 Å². The summed E-state index contributed by atoms with van der Waals surface area (Å²) in [6, 6.07) is 7.54. The molecule has 1 fully saturated rings. The molecule has 1 saturated heterocycles. The zero-order valence-electron chi connectivity index (χ0n) is 11.3. The Morgan fingerprint density at radius 3 is 2.74 bits per heavy atom. The molecule has 0 aromatic heterocycles. The van der Waals surface area contributed by atoms with Crippen molar-refractivity contribution in [3.05, 3.63) is 35.4 Å². The topological polar surface area (TPSA) is 55.4 Å². The molecule has 4 rings (SSSR count). The zero-order valence-corrected chi connectivity index (χ0v) is 11.3. The van der Waals surface area contributed by atoms with E-state index in [0.717, 1.165) is 11.1 Å². The monoisotopic (exact) mass is 259 g/mol. The molecule has 1 aromatic rings. The predicted molar refractivity (Wildman–Crippen MR) is 69.4 cm³/mol. The van der Waals surface area contributed by atoms with Crippen molar-refractivity contribution in [1.29, 1.82) is 0 Å². The highest BCUT2D eigenvalue weighted by molar-refractivity contribution is 5.95. The number of nitrogens with one attached hydrogen (secondary N) is 1. The second kappa shape index (κ2) is 3.59. The fraction of sp³-hybridized carbons (Fsp3) is 0.467. The van der Waals surface area contributed by atoms with E-state index in [0.29, 0.717) is 6.42 Å². The van der Waals surface area contributed by atoms with E-state index in [1.807, 2.05) is 38.1 Å². The standard InChI is InChI=1S/C15H17NO3/c1-14-8-15(2,13(18)19-3)11(16-12(14)17)9-6-4-5-7-10(9)14/h4-7,11H,8H2,1-3H3,(H,16,17). The van der Waals surface area contributed by atoms with E-state index in [4.69, 9.17) is 4.74 Å². The Morgan fingerprint density at radius 1 is 1.37 bits per heavy atom. The number of benzene rings is 1. The summed E-state index contributed by atoms with van der Waals surface area (Å²) in [5, 5.41) is 2.98. The van der Waals surface area contributed by atoms with E-state index in [-0.39, 0.29) is 17.9 Å². The number of ether oxygens (including phenoxy) is 1. The quantitative estimate of drug-likeness (QED) is 0.781. The highest BCUT2D eigenvalue weighted by Crippen LogP contribution is 2.56. The number of hydrogen-bond acceptors (Lipinski definition) is 3. The SMILES string of the molecule is COC(=O)C1(C)CC2(C)C(=O)NC1c1ccccc12. The molecule has 3 aliphatic rings. The molecule has 4 heteroatoms. The third-order valence-corrected chi connectivity index (χ3v) is 4.65. The first-order chi connectivity index (χ1) is 8.93. The van der Waals surface area contributed by atoms with Crippen LogP contribution in [-0.4, -0.2) is 19.0 Å². The van der Waals surface area contributed by atoms with Crippen molar-refractivity contribution in [1.82, 2.24) is 5.32 Å². The first-order valence-electron chi connectivity index (χ1n) is 6.42. The molecular formula is C15H17NO3. The molecule has 0 radical (unpaired) electrons. The third-order valence-electron chi connectivity index (χ3n) is 4.65. The Kier molecular flexibility index (Phi) is 2.31. The molecule has 2 heterocycles. The summed E-state index contributed by atoms with van der Waals surface area (Å²) < 4.78 is 4.95. The Hall–Kier alpha value is -1.84. The lowest BCUT2D eigenvalue weighted by atomic mass is 9.55. The largest absolute Gasteiger partial charge is 0.469 e. The van der Waals surface area contributed by atoms with Crippen molar-refractivity contribution in [2.75, 3.05) is 7.11 Å². The van der Waals surface area contributed by atoms with Gasteiger partial charge in [0.25, 0.3) is 0 Å². The van der Waals surface area contributed by atoms with Gasteiger partial charge in [-0.1, -0.05) is 24.3 Å². The van der Waals surface area contributed by atoms with Crippen LogP contribution in [0.1, 0.15) is 37.4 Å². The summed E-state index contributed by atoms with van der Waals surface area (Å²) in [7, 11) is 1.39. The van der Waals surface area contributed by atoms with Crippen LogP contribution in [0.25, 0.3) is 0 Å². The molecule has 0 saturated carbocycles. The van der Waals surface area contributed by atoms with Gasteiger partial charge in [-0.05, 0) is 31.4 Å². The van der Waals surface area contributed by atoms with Crippen molar-refractivity contribution in [3.63, 3.8) is 0 Å². The van der Waals surface area contributed by atoms with Gasteiger partial charge in [-0.25, -0.2) is 0 Å². The molecule has 3 atom stereocenters. The van der Waals surface area contributed by atoms with E-state index < -0.39 is 10.8 Å². The van der Waals surface area contributed by atoms with Crippen LogP contribution in [0, 0.1) is 5.41 Å². The summed E-state index contributed by atoms with van der Waals surface area (Å²) in [5.74, 6) is -0.268. The smallest absolute Gasteiger partial charge is 0.314 e. The van der Waals surface area contributed by atoms with E-state index >= 15 is 0 Å². The fourth-order valence-electron chi connectivity index (χ4n) is 3.68. The van der Waals surface area contributed by atoms with Crippen LogP contribution in [0.2, 0.25) is 0 Å².